The van der Waals surface area contributed by atoms with E-state index < -0.39 is 0 Å². The van der Waals surface area contributed by atoms with Crippen molar-refractivity contribution in [3.63, 3.8) is 0 Å². The lowest BCUT2D eigenvalue weighted by molar-refractivity contribution is -0.117. The fraction of sp³-hybridized carbons (Fsp3) is 0.235. The van der Waals surface area contributed by atoms with Crippen molar-refractivity contribution in [2.75, 3.05) is 24.6 Å². The number of hydrogen-bond donors (Lipinski definition) is 2. The summed E-state index contributed by atoms with van der Waals surface area (Å²) in [5.41, 5.74) is 9.53. The van der Waals surface area contributed by atoms with E-state index in [-0.39, 0.29) is 5.91 Å². The van der Waals surface area contributed by atoms with Crippen LogP contribution in [0.15, 0.2) is 48.5 Å². The average Bonchev–Trinajstić information content (AvgIpc) is 2.41. The summed E-state index contributed by atoms with van der Waals surface area (Å²) < 4.78 is 0. The van der Waals surface area contributed by atoms with Gasteiger partial charge in [0.25, 0.3) is 0 Å². The lowest BCUT2D eigenvalue weighted by atomic mass is 10.1. The molecule has 2 rings (SSSR count). The van der Waals surface area contributed by atoms with E-state index in [1.165, 1.54) is 11.1 Å². The van der Waals surface area contributed by atoms with Gasteiger partial charge in [-0.15, -0.1) is 0 Å². The van der Waals surface area contributed by atoms with Crippen molar-refractivity contribution in [1.82, 2.24) is 4.90 Å². The molecule has 21 heavy (non-hydrogen) atoms. The highest BCUT2D eigenvalue weighted by atomic mass is 16.2. The standard InChI is InChI=1S/C17H21N3O/c1-13-6-3-4-7-14(13)11-20(2)12-17(21)19-16-9-5-8-15(18)10-16/h3-10H,11-12,18H2,1-2H3,(H,19,21). The molecule has 4 heteroatoms. The second kappa shape index (κ2) is 6.90. The summed E-state index contributed by atoms with van der Waals surface area (Å²) in [6.45, 7) is 3.16. The first-order valence-electron chi connectivity index (χ1n) is 6.93. The minimum Gasteiger partial charge on any atom is -0.399 e. The molecule has 0 saturated carbocycles. The van der Waals surface area contributed by atoms with Gasteiger partial charge in [-0.25, -0.2) is 0 Å². The van der Waals surface area contributed by atoms with E-state index in [0.717, 1.165) is 12.2 Å². The number of nitrogens with one attached hydrogen (secondary N) is 1. The molecule has 0 radical (unpaired) electrons. The number of carbonyl (C=O) groups excluding carboxylic acids is 1. The van der Waals surface area contributed by atoms with Crippen LogP contribution in [0, 0.1) is 6.92 Å². The Labute approximate surface area is 125 Å². The Morgan fingerprint density at radius 1 is 1.19 bits per heavy atom. The number of nitrogen functional groups attached to an aromatic ring is 1. The summed E-state index contributed by atoms with van der Waals surface area (Å²) in [7, 11) is 1.94. The van der Waals surface area contributed by atoms with Crippen LogP contribution < -0.4 is 11.1 Å². The van der Waals surface area contributed by atoms with Gasteiger partial charge in [0.15, 0.2) is 0 Å². The van der Waals surface area contributed by atoms with Gasteiger partial charge in [-0.3, -0.25) is 9.69 Å². The highest BCUT2D eigenvalue weighted by Gasteiger charge is 2.08. The van der Waals surface area contributed by atoms with Crippen molar-refractivity contribution < 1.29 is 4.79 Å². The Morgan fingerprint density at radius 3 is 2.67 bits per heavy atom. The van der Waals surface area contributed by atoms with Crippen LogP contribution in [0.5, 0.6) is 0 Å². The van der Waals surface area contributed by atoms with E-state index in [9.17, 15) is 4.79 Å². The predicted octanol–water partition coefficient (Wildman–Crippen LogP) is 2.65. The van der Waals surface area contributed by atoms with Crippen molar-refractivity contribution in [2.24, 2.45) is 0 Å². The molecule has 0 aliphatic rings. The maximum absolute atomic E-state index is 12.0. The van der Waals surface area contributed by atoms with Crippen LogP contribution in [0.3, 0.4) is 0 Å². The first-order valence-corrected chi connectivity index (χ1v) is 6.93. The van der Waals surface area contributed by atoms with Crippen LogP contribution in [0.1, 0.15) is 11.1 Å². The topological polar surface area (TPSA) is 58.4 Å². The van der Waals surface area contributed by atoms with Crippen LogP contribution in [0.4, 0.5) is 11.4 Å². The van der Waals surface area contributed by atoms with E-state index in [1.807, 2.05) is 36.2 Å². The van der Waals surface area contributed by atoms with Gasteiger partial charge in [0.2, 0.25) is 5.91 Å². The van der Waals surface area contributed by atoms with Crippen LogP contribution in [-0.4, -0.2) is 24.4 Å². The first-order chi connectivity index (χ1) is 10.0. The van der Waals surface area contributed by atoms with Gasteiger partial charge in [-0.2, -0.15) is 0 Å². The molecule has 2 aromatic carbocycles. The maximum atomic E-state index is 12.0. The van der Waals surface area contributed by atoms with E-state index in [2.05, 4.69) is 24.4 Å². The number of benzene rings is 2. The molecule has 2 aromatic rings. The second-order valence-corrected chi connectivity index (χ2v) is 5.27. The van der Waals surface area contributed by atoms with Crippen LogP contribution in [0.2, 0.25) is 0 Å². The molecule has 0 heterocycles. The minimum absolute atomic E-state index is 0.0447. The number of amides is 1. The van der Waals surface area contributed by atoms with Gasteiger partial charge >= 0.3 is 0 Å². The fourth-order valence-electron chi connectivity index (χ4n) is 2.20. The molecule has 3 N–H and O–H groups in total. The van der Waals surface area contributed by atoms with Crippen molar-refractivity contribution in [3.8, 4) is 0 Å². The zero-order valence-corrected chi connectivity index (χ0v) is 12.5. The summed E-state index contributed by atoms with van der Waals surface area (Å²) >= 11 is 0. The molecule has 0 aromatic heterocycles. The number of hydrogen-bond acceptors (Lipinski definition) is 3. The summed E-state index contributed by atoms with van der Waals surface area (Å²) in [5.74, 6) is -0.0447. The summed E-state index contributed by atoms with van der Waals surface area (Å²) in [5, 5.41) is 2.85. The third-order valence-electron chi connectivity index (χ3n) is 3.29. The number of likely N-dealkylation sites (N-methyl/N-ethyl adjacent to an activating group) is 1. The highest BCUT2D eigenvalue weighted by Crippen LogP contribution is 2.12. The smallest absolute Gasteiger partial charge is 0.238 e. The minimum atomic E-state index is -0.0447. The number of nitrogens with two attached hydrogens (primary N) is 1. The number of carbonyl (C=O) groups is 1. The Bertz CT molecular complexity index is 625. The number of rotatable bonds is 5. The van der Waals surface area contributed by atoms with Gasteiger partial charge in [-0.05, 0) is 43.3 Å². The zero-order chi connectivity index (χ0) is 15.2. The molecule has 4 nitrogen and oxygen atoms in total. The van der Waals surface area contributed by atoms with E-state index in [4.69, 9.17) is 5.73 Å². The van der Waals surface area contributed by atoms with Gasteiger partial charge in [0.05, 0.1) is 6.54 Å². The van der Waals surface area contributed by atoms with Gasteiger partial charge in [0, 0.05) is 17.9 Å². The molecule has 0 spiro atoms. The molecular weight excluding hydrogens is 262 g/mol. The molecule has 0 atom stereocenters. The zero-order valence-electron chi connectivity index (χ0n) is 12.5. The van der Waals surface area contributed by atoms with Crippen LogP contribution in [0.25, 0.3) is 0 Å². The van der Waals surface area contributed by atoms with E-state index in [0.29, 0.717) is 12.2 Å². The number of nitrogens with zero attached hydrogens (tertiary/aromatic N) is 1. The molecule has 110 valence electrons. The Hall–Kier alpha value is -2.33. The third-order valence-corrected chi connectivity index (χ3v) is 3.29. The first kappa shape index (κ1) is 15.1. The van der Waals surface area contributed by atoms with Crippen molar-refractivity contribution >= 4 is 17.3 Å². The van der Waals surface area contributed by atoms with E-state index >= 15 is 0 Å². The number of aryl methyl sites for hydroxylation is 1. The highest BCUT2D eigenvalue weighted by molar-refractivity contribution is 5.92. The lowest BCUT2D eigenvalue weighted by Crippen LogP contribution is -2.30. The molecule has 0 aliphatic carbocycles. The van der Waals surface area contributed by atoms with Gasteiger partial charge < -0.3 is 11.1 Å². The number of anilines is 2. The molecule has 1 amide bonds. The Balaban J connectivity index is 1.89. The second-order valence-electron chi connectivity index (χ2n) is 5.27. The van der Waals surface area contributed by atoms with Gasteiger partial charge in [0.1, 0.15) is 0 Å². The molecule has 0 bridgehead atoms. The maximum Gasteiger partial charge on any atom is 0.238 e. The SMILES string of the molecule is Cc1ccccc1CN(C)CC(=O)Nc1cccc(N)c1. The summed E-state index contributed by atoms with van der Waals surface area (Å²) in [6.07, 6.45) is 0. The molecule has 0 saturated heterocycles. The molecule has 0 fully saturated rings. The lowest BCUT2D eigenvalue weighted by Gasteiger charge is -2.17. The van der Waals surface area contributed by atoms with Crippen LogP contribution in [-0.2, 0) is 11.3 Å². The normalized spacial score (nSPS) is 10.6. The largest absolute Gasteiger partial charge is 0.399 e. The van der Waals surface area contributed by atoms with Gasteiger partial charge in [-0.1, -0.05) is 30.3 Å². The summed E-state index contributed by atoms with van der Waals surface area (Å²) in [6, 6.07) is 15.4. The van der Waals surface area contributed by atoms with Crippen molar-refractivity contribution in [1.29, 1.82) is 0 Å². The molecular formula is C17H21N3O. The predicted molar refractivity (Wildman–Crippen MR) is 87.0 cm³/mol. The third kappa shape index (κ3) is 4.61. The monoisotopic (exact) mass is 283 g/mol. The van der Waals surface area contributed by atoms with Crippen molar-refractivity contribution in [2.45, 2.75) is 13.5 Å². The Morgan fingerprint density at radius 2 is 1.95 bits per heavy atom. The quantitative estimate of drug-likeness (QED) is 0.829. The average molecular weight is 283 g/mol. The fourth-order valence-corrected chi connectivity index (χ4v) is 2.20. The Kier molecular flexibility index (Phi) is 4.95. The van der Waals surface area contributed by atoms with Crippen molar-refractivity contribution in [3.05, 3.63) is 59.7 Å². The summed E-state index contributed by atoms with van der Waals surface area (Å²) in [4.78, 5) is 14.0. The molecule has 0 unspecified atom stereocenters. The van der Waals surface area contributed by atoms with Crippen LogP contribution >= 0.6 is 0 Å². The van der Waals surface area contributed by atoms with E-state index in [1.54, 1.807) is 12.1 Å². The molecule has 0 aliphatic heterocycles.